The molecule has 2 aromatic rings. The molecular weight excluding hydrogens is 416 g/mol. The second-order valence-corrected chi connectivity index (χ2v) is 8.13. The number of ether oxygens (including phenoxy) is 2. The van der Waals surface area contributed by atoms with Crippen molar-refractivity contribution in [3.05, 3.63) is 34.9 Å². The molecule has 2 amide bonds. The Balaban J connectivity index is 1.40. The fraction of sp³-hybridized carbons (Fsp3) is 0.571. The van der Waals surface area contributed by atoms with Crippen LogP contribution in [0.5, 0.6) is 11.5 Å². The molecule has 3 heterocycles. The SMILES string of the molecule is CCN(CC)C(=O)N1CCN(Cn2nc([C@H]3COc4ccccc4O3)n(C)c2=S)CC1. The smallest absolute Gasteiger partial charge is 0.320 e. The Hall–Kier alpha value is -2.59. The highest BCUT2D eigenvalue weighted by Crippen LogP contribution is 2.35. The number of urea groups is 1. The van der Waals surface area contributed by atoms with Crippen molar-refractivity contribution in [3.63, 3.8) is 0 Å². The van der Waals surface area contributed by atoms with Gasteiger partial charge in [0.1, 0.15) is 6.61 Å². The van der Waals surface area contributed by atoms with Gasteiger partial charge in [-0.05, 0) is 38.2 Å². The van der Waals surface area contributed by atoms with Crippen LogP contribution in [0.3, 0.4) is 0 Å². The summed E-state index contributed by atoms with van der Waals surface area (Å²) in [6, 6.07) is 7.76. The molecule has 1 aromatic carbocycles. The van der Waals surface area contributed by atoms with Gasteiger partial charge < -0.3 is 23.8 Å². The minimum absolute atomic E-state index is 0.121. The molecule has 0 unspecified atom stereocenters. The van der Waals surface area contributed by atoms with Crippen molar-refractivity contribution < 1.29 is 14.3 Å². The van der Waals surface area contributed by atoms with Crippen LogP contribution in [0, 0.1) is 4.77 Å². The first-order chi connectivity index (χ1) is 15.0. The third kappa shape index (κ3) is 4.40. The van der Waals surface area contributed by atoms with E-state index in [-0.39, 0.29) is 12.1 Å². The van der Waals surface area contributed by atoms with Crippen LogP contribution >= 0.6 is 12.2 Å². The van der Waals surface area contributed by atoms with Gasteiger partial charge in [0.05, 0.1) is 6.67 Å². The van der Waals surface area contributed by atoms with Crippen LogP contribution in [0.25, 0.3) is 0 Å². The number of aromatic nitrogens is 3. The third-order valence-corrected chi connectivity index (χ3v) is 6.37. The molecule has 1 aromatic heterocycles. The topological polar surface area (TPSA) is 68.0 Å². The number of para-hydroxylation sites is 2. The van der Waals surface area contributed by atoms with Gasteiger partial charge in [-0.1, -0.05) is 12.1 Å². The lowest BCUT2D eigenvalue weighted by Gasteiger charge is -2.36. The van der Waals surface area contributed by atoms with Gasteiger partial charge >= 0.3 is 6.03 Å². The van der Waals surface area contributed by atoms with E-state index in [0.29, 0.717) is 36.9 Å². The van der Waals surface area contributed by atoms with Crippen molar-refractivity contribution in [2.75, 3.05) is 45.9 Å². The summed E-state index contributed by atoms with van der Waals surface area (Å²) in [5.74, 6) is 2.21. The molecule has 1 saturated heterocycles. The molecule has 0 radical (unpaired) electrons. The standard InChI is InChI=1S/C21H30N6O3S/c1-4-25(5-2)20(28)26-12-10-24(11-13-26)15-27-21(31)23(3)19(22-27)18-14-29-16-8-6-7-9-17(16)30-18/h6-9,18H,4-5,10-15H2,1-3H3/t18-/m1/s1. The second kappa shape index (κ2) is 9.27. The molecule has 1 atom stereocenters. The van der Waals surface area contributed by atoms with Crippen molar-refractivity contribution in [2.45, 2.75) is 26.6 Å². The maximum Gasteiger partial charge on any atom is 0.320 e. The lowest BCUT2D eigenvalue weighted by molar-refractivity contribution is 0.0807. The van der Waals surface area contributed by atoms with E-state index in [1.54, 1.807) is 0 Å². The minimum Gasteiger partial charge on any atom is -0.485 e. The Bertz CT molecular complexity index is 978. The number of fused-ring (bicyclic) bond motifs is 1. The van der Waals surface area contributed by atoms with E-state index >= 15 is 0 Å². The van der Waals surface area contributed by atoms with Gasteiger partial charge in [-0.3, -0.25) is 4.90 Å². The molecule has 168 valence electrons. The molecule has 4 rings (SSSR count). The van der Waals surface area contributed by atoms with Gasteiger partial charge in [-0.25, -0.2) is 9.48 Å². The Labute approximate surface area is 187 Å². The molecule has 0 spiro atoms. The Morgan fingerprint density at radius 2 is 1.84 bits per heavy atom. The Kier molecular flexibility index (Phi) is 6.47. The van der Waals surface area contributed by atoms with Crippen LogP contribution < -0.4 is 9.47 Å². The Morgan fingerprint density at radius 1 is 1.16 bits per heavy atom. The average molecular weight is 447 g/mol. The zero-order chi connectivity index (χ0) is 22.0. The number of hydrogen-bond donors (Lipinski definition) is 0. The minimum atomic E-state index is -0.314. The number of carbonyl (C=O) groups excluding carboxylic acids is 1. The fourth-order valence-electron chi connectivity index (χ4n) is 3.99. The maximum atomic E-state index is 12.6. The normalized spacial score (nSPS) is 18.8. The zero-order valence-corrected chi connectivity index (χ0v) is 19.2. The Morgan fingerprint density at radius 3 is 2.52 bits per heavy atom. The number of amides is 2. The first-order valence-corrected chi connectivity index (χ1v) is 11.2. The summed E-state index contributed by atoms with van der Waals surface area (Å²) in [4.78, 5) is 18.6. The van der Waals surface area contributed by atoms with Crippen molar-refractivity contribution in [1.29, 1.82) is 0 Å². The number of hydrogen-bond acceptors (Lipinski definition) is 6. The van der Waals surface area contributed by atoms with E-state index in [1.165, 1.54) is 0 Å². The highest BCUT2D eigenvalue weighted by molar-refractivity contribution is 7.71. The molecule has 0 aliphatic carbocycles. The molecule has 0 saturated carbocycles. The maximum absolute atomic E-state index is 12.6. The fourth-order valence-corrected chi connectivity index (χ4v) is 4.18. The number of benzene rings is 1. The molecule has 0 N–H and O–H groups in total. The first kappa shape index (κ1) is 21.6. The zero-order valence-electron chi connectivity index (χ0n) is 18.4. The van der Waals surface area contributed by atoms with Crippen molar-refractivity contribution in [2.24, 2.45) is 7.05 Å². The molecule has 31 heavy (non-hydrogen) atoms. The van der Waals surface area contributed by atoms with E-state index in [4.69, 9.17) is 26.8 Å². The molecule has 10 heteroatoms. The number of nitrogens with zero attached hydrogens (tertiary/aromatic N) is 6. The van der Waals surface area contributed by atoms with Crippen LogP contribution in [-0.2, 0) is 13.7 Å². The van der Waals surface area contributed by atoms with Gasteiger partial charge in [0.25, 0.3) is 0 Å². The van der Waals surface area contributed by atoms with Crippen LogP contribution in [0.2, 0.25) is 0 Å². The molecular formula is C21H30N6O3S. The highest BCUT2D eigenvalue weighted by Gasteiger charge is 2.28. The first-order valence-electron chi connectivity index (χ1n) is 10.8. The number of rotatable bonds is 5. The molecule has 2 aliphatic rings. The van der Waals surface area contributed by atoms with Crippen molar-refractivity contribution in [3.8, 4) is 11.5 Å². The molecule has 1 fully saturated rings. The van der Waals surface area contributed by atoms with Crippen LogP contribution in [0.4, 0.5) is 4.79 Å². The van der Waals surface area contributed by atoms with Crippen LogP contribution in [0.1, 0.15) is 25.8 Å². The van der Waals surface area contributed by atoms with Gasteiger partial charge in [0, 0.05) is 46.3 Å². The molecule has 0 bridgehead atoms. The summed E-state index contributed by atoms with van der Waals surface area (Å²) in [5.41, 5.74) is 0. The van der Waals surface area contributed by atoms with E-state index in [1.807, 2.05) is 64.2 Å². The number of piperazine rings is 1. The van der Waals surface area contributed by atoms with E-state index in [0.717, 1.165) is 37.8 Å². The molecule has 2 aliphatic heterocycles. The summed E-state index contributed by atoms with van der Waals surface area (Å²) in [5, 5.41) is 4.75. The summed E-state index contributed by atoms with van der Waals surface area (Å²) < 4.78 is 16.3. The van der Waals surface area contributed by atoms with Crippen LogP contribution in [0.15, 0.2) is 24.3 Å². The van der Waals surface area contributed by atoms with Gasteiger partial charge in [-0.15, -0.1) is 0 Å². The van der Waals surface area contributed by atoms with Crippen LogP contribution in [-0.4, -0.2) is 81.0 Å². The van der Waals surface area contributed by atoms with E-state index in [2.05, 4.69) is 4.90 Å². The lowest BCUT2D eigenvalue weighted by atomic mass is 10.2. The van der Waals surface area contributed by atoms with E-state index < -0.39 is 0 Å². The van der Waals surface area contributed by atoms with Crippen molar-refractivity contribution >= 4 is 18.2 Å². The number of carbonyl (C=O) groups is 1. The predicted octanol–water partition coefficient (Wildman–Crippen LogP) is 2.50. The predicted molar refractivity (Wildman–Crippen MR) is 119 cm³/mol. The quantitative estimate of drug-likeness (QED) is 0.658. The monoisotopic (exact) mass is 446 g/mol. The van der Waals surface area contributed by atoms with Gasteiger partial charge in [0.15, 0.2) is 28.2 Å². The second-order valence-electron chi connectivity index (χ2n) is 7.76. The summed E-state index contributed by atoms with van der Waals surface area (Å²) in [6.45, 7) is 9.46. The van der Waals surface area contributed by atoms with Gasteiger partial charge in [-0.2, -0.15) is 5.10 Å². The average Bonchev–Trinajstić information content (AvgIpc) is 3.08. The van der Waals surface area contributed by atoms with Crippen molar-refractivity contribution in [1.82, 2.24) is 29.0 Å². The highest BCUT2D eigenvalue weighted by atomic mass is 32.1. The molecule has 9 nitrogen and oxygen atoms in total. The summed E-state index contributed by atoms with van der Waals surface area (Å²) >= 11 is 5.63. The summed E-state index contributed by atoms with van der Waals surface area (Å²) in [6.07, 6.45) is -0.314. The van der Waals surface area contributed by atoms with Gasteiger partial charge in [0.2, 0.25) is 0 Å². The third-order valence-electron chi connectivity index (χ3n) is 5.88. The largest absolute Gasteiger partial charge is 0.485 e. The van der Waals surface area contributed by atoms with E-state index in [9.17, 15) is 4.79 Å². The lowest BCUT2D eigenvalue weighted by Crippen LogP contribution is -2.53. The summed E-state index contributed by atoms with van der Waals surface area (Å²) in [7, 11) is 1.91.